The Morgan fingerprint density at radius 3 is 2.52 bits per heavy atom. The van der Waals surface area contributed by atoms with Crippen molar-refractivity contribution < 1.29 is 14.1 Å². The van der Waals surface area contributed by atoms with Crippen molar-refractivity contribution in [1.29, 1.82) is 0 Å². The lowest BCUT2D eigenvalue weighted by Gasteiger charge is -2.19. The first-order valence-corrected chi connectivity index (χ1v) is 8.13. The molecule has 0 spiro atoms. The second-order valence-electron chi connectivity index (χ2n) is 5.74. The number of anilines is 2. The van der Waals surface area contributed by atoms with Gasteiger partial charge in [0, 0.05) is 30.9 Å². The van der Waals surface area contributed by atoms with Crippen LogP contribution in [0.2, 0.25) is 5.02 Å². The number of carbonyl (C=O) groups is 1. The maximum Gasteiger partial charge on any atom is 0.270 e. The van der Waals surface area contributed by atoms with Gasteiger partial charge in [-0.15, -0.1) is 0 Å². The van der Waals surface area contributed by atoms with Crippen molar-refractivity contribution in [3.8, 4) is 0 Å². The minimum absolute atomic E-state index is 0.0409. The normalized spacial score (nSPS) is 13.8. The highest BCUT2D eigenvalue weighted by Crippen LogP contribution is 2.27. The second kappa shape index (κ2) is 7.06. The summed E-state index contributed by atoms with van der Waals surface area (Å²) in [5.74, 6) is -0.970. The number of halogens is 2. The number of carbonyl (C=O) groups excluding carboxylic acids is 1. The lowest BCUT2D eigenvalue weighted by Crippen LogP contribution is -2.19. The van der Waals surface area contributed by atoms with Crippen LogP contribution in [-0.4, -0.2) is 23.9 Å². The number of hydrogen-bond acceptors (Lipinski definition) is 4. The van der Waals surface area contributed by atoms with Gasteiger partial charge in [-0.25, -0.2) is 4.39 Å². The minimum atomic E-state index is -0.597. The molecule has 1 aliphatic heterocycles. The predicted octanol–water partition coefficient (Wildman–Crippen LogP) is 4.24. The average Bonchev–Trinajstić information content (AvgIpc) is 3.08. The van der Waals surface area contributed by atoms with E-state index in [-0.39, 0.29) is 16.3 Å². The molecule has 6 nitrogen and oxygen atoms in total. The zero-order valence-corrected chi connectivity index (χ0v) is 13.9. The summed E-state index contributed by atoms with van der Waals surface area (Å²) in [6, 6.07) is 8.07. The molecule has 0 aliphatic carbocycles. The SMILES string of the molecule is O=C(Nc1ccc(N2CCCC2)c(F)c1)c1ccc([N+](=O)[O-])cc1Cl. The molecule has 0 unspecified atom stereocenters. The van der Waals surface area contributed by atoms with Crippen LogP contribution in [0.3, 0.4) is 0 Å². The van der Waals surface area contributed by atoms with E-state index in [4.69, 9.17) is 11.6 Å². The number of nitro groups is 1. The van der Waals surface area contributed by atoms with E-state index in [2.05, 4.69) is 5.32 Å². The third kappa shape index (κ3) is 3.71. The molecule has 2 aromatic carbocycles. The Morgan fingerprint density at radius 2 is 1.92 bits per heavy atom. The van der Waals surface area contributed by atoms with Crippen LogP contribution < -0.4 is 10.2 Å². The van der Waals surface area contributed by atoms with Gasteiger partial charge in [0.2, 0.25) is 0 Å². The van der Waals surface area contributed by atoms with E-state index in [0.717, 1.165) is 32.0 Å². The Morgan fingerprint density at radius 1 is 1.20 bits per heavy atom. The van der Waals surface area contributed by atoms with Crippen molar-refractivity contribution in [1.82, 2.24) is 0 Å². The molecule has 1 amide bonds. The van der Waals surface area contributed by atoms with Gasteiger partial charge in [0.15, 0.2) is 0 Å². The van der Waals surface area contributed by atoms with Crippen molar-refractivity contribution >= 4 is 34.6 Å². The van der Waals surface area contributed by atoms with Gasteiger partial charge in [0.25, 0.3) is 11.6 Å². The molecule has 0 aromatic heterocycles. The molecule has 1 heterocycles. The van der Waals surface area contributed by atoms with Crippen LogP contribution in [0.5, 0.6) is 0 Å². The number of nitrogens with zero attached hydrogens (tertiary/aromatic N) is 2. The molecule has 1 N–H and O–H groups in total. The zero-order chi connectivity index (χ0) is 18.0. The number of non-ortho nitro benzene ring substituents is 1. The van der Waals surface area contributed by atoms with Crippen LogP contribution in [0.25, 0.3) is 0 Å². The number of amides is 1. The van der Waals surface area contributed by atoms with Crippen LogP contribution in [-0.2, 0) is 0 Å². The largest absolute Gasteiger partial charge is 0.369 e. The van der Waals surface area contributed by atoms with Gasteiger partial charge in [-0.3, -0.25) is 14.9 Å². The highest BCUT2D eigenvalue weighted by atomic mass is 35.5. The van der Waals surface area contributed by atoms with E-state index in [1.165, 1.54) is 18.2 Å². The summed E-state index contributed by atoms with van der Waals surface area (Å²) in [5.41, 5.74) is 0.683. The molecule has 0 radical (unpaired) electrons. The summed E-state index contributed by atoms with van der Waals surface area (Å²) >= 11 is 5.93. The number of hydrogen-bond donors (Lipinski definition) is 1. The fourth-order valence-electron chi connectivity index (χ4n) is 2.80. The van der Waals surface area contributed by atoms with E-state index in [0.29, 0.717) is 11.4 Å². The fraction of sp³-hybridized carbons (Fsp3) is 0.235. The number of nitro benzene ring substituents is 1. The van der Waals surface area contributed by atoms with E-state index < -0.39 is 16.6 Å². The van der Waals surface area contributed by atoms with Crippen LogP contribution in [0, 0.1) is 15.9 Å². The van der Waals surface area contributed by atoms with Crippen molar-refractivity contribution in [3.05, 3.63) is 62.9 Å². The summed E-state index contributed by atoms with van der Waals surface area (Å²) in [7, 11) is 0. The zero-order valence-electron chi connectivity index (χ0n) is 13.2. The molecule has 1 saturated heterocycles. The molecular weight excluding hydrogens is 349 g/mol. The standard InChI is InChI=1S/C17H15ClFN3O3/c18-14-10-12(22(24)25)4-5-13(14)17(23)20-11-3-6-16(15(19)9-11)21-7-1-2-8-21/h3-6,9-10H,1-2,7-8H2,(H,20,23). The molecule has 2 aromatic rings. The first-order chi connectivity index (χ1) is 12.0. The monoisotopic (exact) mass is 363 g/mol. The Hall–Kier alpha value is -2.67. The molecule has 0 atom stereocenters. The highest BCUT2D eigenvalue weighted by molar-refractivity contribution is 6.34. The van der Waals surface area contributed by atoms with Crippen molar-refractivity contribution in [2.45, 2.75) is 12.8 Å². The fourth-order valence-corrected chi connectivity index (χ4v) is 3.06. The lowest BCUT2D eigenvalue weighted by molar-refractivity contribution is -0.384. The van der Waals surface area contributed by atoms with Crippen molar-refractivity contribution in [2.75, 3.05) is 23.3 Å². The summed E-state index contributed by atoms with van der Waals surface area (Å²) in [5, 5.41) is 13.2. The summed E-state index contributed by atoms with van der Waals surface area (Å²) in [6.07, 6.45) is 2.08. The second-order valence-corrected chi connectivity index (χ2v) is 6.14. The van der Waals surface area contributed by atoms with Gasteiger partial charge in [-0.05, 0) is 37.1 Å². The molecule has 130 valence electrons. The Balaban J connectivity index is 1.77. The van der Waals surface area contributed by atoms with Crippen LogP contribution in [0.4, 0.5) is 21.5 Å². The number of benzene rings is 2. The van der Waals surface area contributed by atoms with Gasteiger partial charge in [-0.2, -0.15) is 0 Å². The van der Waals surface area contributed by atoms with Gasteiger partial charge >= 0.3 is 0 Å². The first-order valence-electron chi connectivity index (χ1n) is 7.75. The van der Waals surface area contributed by atoms with Crippen molar-refractivity contribution in [3.63, 3.8) is 0 Å². The minimum Gasteiger partial charge on any atom is -0.369 e. The smallest absolute Gasteiger partial charge is 0.270 e. The average molecular weight is 364 g/mol. The Bertz CT molecular complexity index is 838. The molecule has 25 heavy (non-hydrogen) atoms. The summed E-state index contributed by atoms with van der Waals surface area (Å²) < 4.78 is 14.3. The van der Waals surface area contributed by atoms with E-state index >= 15 is 0 Å². The molecule has 8 heteroatoms. The topological polar surface area (TPSA) is 75.5 Å². The first kappa shape index (κ1) is 17.2. The molecule has 0 saturated carbocycles. The summed E-state index contributed by atoms with van der Waals surface area (Å²) in [6.45, 7) is 1.64. The highest BCUT2D eigenvalue weighted by Gasteiger charge is 2.18. The third-order valence-electron chi connectivity index (χ3n) is 4.06. The van der Waals surface area contributed by atoms with E-state index in [9.17, 15) is 19.3 Å². The Labute approximate surface area is 148 Å². The molecule has 3 rings (SSSR count). The van der Waals surface area contributed by atoms with Gasteiger partial charge in [0.05, 0.1) is 21.2 Å². The molecule has 0 bridgehead atoms. The van der Waals surface area contributed by atoms with Gasteiger partial charge in [0.1, 0.15) is 5.82 Å². The molecular formula is C17H15ClFN3O3. The quantitative estimate of drug-likeness (QED) is 0.651. The van der Waals surface area contributed by atoms with Gasteiger partial charge < -0.3 is 10.2 Å². The lowest BCUT2D eigenvalue weighted by atomic mass is 10.2. The Kier molecular flexibility index (Phi) is 4.85. The molecule has 1 fully saturated rings. The summed E-state index contributed by atoms with van der Waals surface area (Å²) in [4.78, 5) is 24.3. The van der Waals surface area contributed by atoms with Crippen LogP contribution in [0.1, 0.15) is 23.2 Å². The maximum absolute atomic E-state index is 14.3. The third-order valence-corrected chi connectivity index (χ3v) is 4.37. The van der Waals surface area contributed by atoms with Gasteiger partial charge in [-0.1, -0.05) is 11.6 Å². The van der Waals surface area contributed by atoms with Crippen LogP contribution in [0.15, 0.2) is 36.4 Å². The number of nitrogens with one attached hydrogen (secondary N) is 1. The maximum atomic E-state index is 14.3. The van der Waals surface area contributed by atoms with E-state index in [1.54, 1.807) is 12.1 Å². The van der Waals surface area contributed by atoms with Crippen molar-refractivity contribution in [2.24, 2.45) is 0 Å². The predicted molar refractivity (Wildman–Crippen MR) is 93.9 cm³/mol. The van der Waals surface area contributed by atoms with Crippen LogP contribution >= 0.6 is 11.6 Å². The molecule has 1 aliphatic rings. The van der Waals surface area contributed by atoms with E-state index in [1.807, 2.05) is 4.90 Å². The number of rotatable bonds is 4.